The van der Waals surface area contributed by atoms with Crippen LogP contribution in [0.5, 0.6) is 0 Å². The van der Waals surface area contributed by atoms with Crippen LogP contribution in [0.2, 0.25) is 0 Å². The van der Waals surface area contributed by atoms with Crippen molar-refractivity contribution >= 4 is 23.4 Å². The van der Waals surface area contributed by atoms with E-state index < -0.39 is 16.6 Å². The van der Waals surface area contributed by atoms with Gasteiger partial charge in [-0.2, -0.15) is 0 Å². The maximum Gasteiger partial charge on any atom is 0.409 e. The Morgan fingerprint density at radius 1 is 1.73 bits per heavy atom. The van der Waals surface area contributed by atoms with Gasteiger partial charge in [0.25, 0.3) is 0 Å². The maximum atomic E-state index is 11.2. The van der Waals surface area contributed by atoms with Gasteiger partial charge in [0.1, 0.15) is 0 Å². The molecule has 5 nitrogen and oxygen atoms in total. The summed E-state index contributed by atoms with van der Waals surface area (Å²) in [5.74, 6) is -0.907. The molecule has 0 N–H and O–H groups in total. The smallest absolute Gasteiger partial charge is 0.409 e. The van der Waals surface area contributed by atoms with Crippen molar-refractivity contribution in [3.8, 4) is 0 Å². The van der Waals surface area contributed by atoms with Gasteiger partial charge in [-0.1, -0.05) is 6.07 Å². The van der Waals surface area contributed by atoms with Gasteiger partial charge in [0.2, 0.25) is 0 Å². The molecule has 0 atom stereocenters. The van der Waals surface area contributed by atoms with Gasteiger partial charge in [-0.25, -0.2) is 4.79 Å². The summed E-state index contributed by atoms with van der Waals surface area (Å²) in [4.78, 5) is 21.7. The van der Waals surface area contributed by atoms with E-state index in [1.807, 2.05) is 0 Å². The predicted molar refractivity (Wildman–Crippen MR) is 55.9 cm³/mol. The number of ether oxygens (including phenoxy) is 1. The number of esters is 1. The van der Waals surface area contributed by atoms with Crippen LogP contribution in [-0.4, -0.2) is 17.5 Å². The summed E-state index contributed by atoms with van der Waals surface area (Å²) >= 11 is 1.32. The summed E-state index contributed by atoms with van der Waals surface area (Å²) < 4.78 is 4.57. The lowest BCUT2D eigenvalue weighted by molar-refractivity contribution is -0.419. The van der Waals surface area contributed by atoms with Crippen LogP contribution in [0.25, 0.3) is 6.08 Å². The van der Waals surface area contributed by atoms with E-state index in [2.05, 4.69) is 4.74 Å². The van der Waals surface area contributed by atoms with Gasteiger partial charge in [-0.3, -0.25) is 10.1 Å². The lowest BCUT2D eigenvalue weighted by atomic mass is 10.3. The molecule has 15 heavy (non-hydrogen) atoms. The van der Waals surface area contributed by atoms with E-state index in [1.54, 1.807) is 24.4 Å². The van der Waals surface area contributed by atoms with Gasteiger partial charge >= 0.3 is 11.7 Å². The zero-order valence-corrected chi connectivity index (χ0v) is 8.82. The highest BCUT2D eigenvalue weighted by atomic mass is 32.1. The molecule has 0 aromatic carbocycles. The minimum atomic E-state index is -0.907. The van der Waals surface area contributed by atoms with Crippen molar-refractivity contribution in [3.63, 3.8) is 0 Å². The average molecular weight is 227 g/mol. The predicted octanol–water partition coefficient (Wildman–Crippen LogP) is 1.93. The largest absolute Gasteiger partial charge is 0.458 e. The van der Waals surface area contributed by atoms with Gasteiger partial charge < -0.3 is 4.74 Å². The second-order valence-electron chi connectivity index (χ2n) is 2.52. The van der Waals surface area contributed by atoms with Gasteiger partial charge in [0, 0.05) is 11.0 Å². The van der Waals surface area contributed by atoms with Crippen molar-refractivity contribution in [2.24, 2.45) is 0 Å². The van der Waals surface area contributed by atoms with Crippen LogP contribution in [0, 0.1) is 10.1 Å². The van der Waals surface area contributed by atoms with Crippen molar-refractivity contribution in [3.05, 3.63) is 38.2 Å². The van der Waals surface area contributed by atoms with Crippen LogP contribution >= 0.6 is 11.3 Å². The van der Waals surface area contributed by atoms with Crippen molar-refractivity contribution in [1.29, 1.82) is 0 Å². The minimum Gasteiger partial charge on any atom is -0.458 e. The van der Waals surface area contributed by atoms with Gasteiger partial charge in [-0.05, 0) is 18.4 Å². The van der Waals surface area contributed by atoms with E-state index in [0.717, 1.165) is 0 Å². The average Bonchev–Trinajstić information content (AvgIpc) is 2.66. The molecule has 0 aliphatic rings. The molecule has 1 heterocycles. The third-order valence-electron chi connectivity index (χ3n) is 1.50. The Kier molecular flexibility index (Phi) is 3.99. The van der Waals surface area contributed by atoms with Crippen LogP contribution in [0.15, 0.2) is 23.2 Å². The molecule has 6 heteroatoms. The highest BCUT2D eigenvalue weighted by Gasteiger charge is 2.23. The maximum absolute atomic E-state index is 11.2. The second-order valence-corrected chi connectivity index (χ2v) is 3.50. The van der Waals surface area contributed by atoms with Crippen LogP contribution < -0.4 is 0 Å². The van der Waals surface area contributed by atoms with Crippen LogP contribution in [0.3, 0.4) is 0 Å². The molecule has 0 saturated carbocycles. The first-order chi connectivity index (χ1) is 7.15. The molecule has 1 rings (SSSR count). The first kappa shape index (κ1) is 11.4. The van der Waals surface area contributed by atoms with Crippen LogP contribution in [-0.2, 0) is 9.53 Å². The normalized spacial score (nSPS) is 11.1. The summed E-state index contributed by atoms with van der Waals surface area (Å²) in [6.45, 7) is 1.72. The monoisotopic (exact) mass is 227 g/mol. The molecule has 0 spiro atoms. The van der Waals surface area contributed by atoms with Gasteiger partial charge in [-0.15, -0.1) is 11.3 Å². The Labute approximate surface area is 90.1 Å². The Hall–Kier alpha value is -1.69. The van der Waals surface area contributed by atoms with E-state index in [1.165, 1.54) is 17.4 Å². The fourth-order valence-corrected chi connectivity index (χ4v) is 1.55. The molecule has 0 aliphatic carbocycles. The number of carbonyl (C=O) groups is 1. The number of nitro groups is 1. The highest BCUT2D eigenvalue weighted by Crippen LogP contribution is 2.14. The third kappa shape index (κ3) is 3.17. The summed E-state index contributed by atoms with van der Waals surface area (Å²) in [6, 6.07) is 3.44. The zero-order valence-electron chi connectivity index (χ0n) is 8.00. The van der Waals surface area contributed by atoms with E-state index in [9.17, 15) is 14.9 Å². The van der Waals surface area contributed by atoms with Crippen molar-refractivity contribution in [2.45, 2.75) is 6.92 Å². The molecule has 0 unspecified atom stereocenters. The van der Waals surface area contributed by atoms with E-state index in [-0.39, 0.29) is 6.61 Å². The summed E-state index contributed by atoms with van der Waals surface area (Å²) in [5.41, 5.74) is -0.542. The molecule has 0 amide bonds. The number of hydrogen-bond acceptors (Lipinski definition) is 5. The topological polar surface area (TPSA) is 69.4 Å². The standard InChI is InChI=1S/C9H9NO4S/c1-2-14-9(11)8(10(12)13)6-7-4-3-5-15-7/h3-6H,2H2,1H3. The molecule has 0 fully saturated rings. The highest BCUT2D eigenvalue weighted by molar-refractivity contribution is 7.10. The molecular weight excluding hydrogens is 218 g/mol. The lowest BCUT2D eigenvalue weighted by Gasteiger charge is -1.97. The molecule has 0 radical (unpaired) electrons. The molecule has 80 valence electrons. The summed E-state index contributed by atoms with van der Waals surface area (Å²) in [7, 11) is 0. The Morgan fingerprint density at radius 2 is 2.47 bits per heavy atom. The van der Waals surface area contributed by atoms with Crippen molar-refractivity contribution in [2.75, 3.05) is 6.61 Å². The third-order valence-corrected chi connectivity index (χ3v) is 2.32. The van der Waals surface area contributed by atoms with Crippen LogP contribution in [0.4, 0.5) is 0 Å². The fourth-order valence-electron chi connectivity index (χ4n) is 0.899. The molecule has 0 saturated heterocycles. The number of thiophene rings is 1. The molecule has 0 bridgehead atoms. The van der Waals surface area contributed by atoms with Gasteiger partial charge in [0.15, 0.2) is 0 Å². The van der Waals surface area contributed by atoms with Gasteiger partial charge in [0.05, 0.1) is 11.5 Å². The van der Waals surface area contributed by atoms with E-state index in [0.29, 0.717) is 4.88 Å². The quantitative estimate of drug-likeness (QED) is 0.341. The van der Waals surface area contributed by atoms with E-state index in [4.69, 9.17) is 0 Å². The Bertz CT molecular complexity index is 383. The number of nitrogens with zero attached hydrogens (tertiary/aromatic N) is 1. The minimum absolute atomic E-state index is 0.119. The lowest BCUT2D eigenvalue weighted by Crippen LogP contribution is -2.14. The van der Waals surface area contributed by atoms with Crippen LogP contribution in [0.1, 0.15) is 11.8 Å². The first-order valence-corrected chi connectivity index (χ1v) is 5.09. The SMILES string of the molecule is CCOC(=O)C(=Cc1cccs1)[N+](=O)[O-]. The van der Waals surface area contributed by atoms with Crippen molar-refractivity contribution < 1.29 is 14.5 Å². The zero-order chi connectivity index (χ0) is 11.3. The molecule has 1 aromatic heterocycles. The Morgan fingerprint density at radius 3 is 2.93 bits per heavy atom. The first-order valence-electron chi connectivity index (χ1n) is 4.22. The number of carbonyl (C=O) groups excluding carboxylic acids is 1. The summed E-state index contributed by atoms with van der Waals surface area (Å²) in [5, 5.41) is 12.4. The molecular formula is C9H9NO4S. The van der Waals surface area contributed by atoms with Crippen molar-refractivity contribution in [1.82, 2.24) is 0 Å². The fraction of sp³-hybridized carbons (Fsp3) is 0.222. The second kappa shape index (κ2) is 5.26. The molecule has 0 aliphatic heterocycles. The number of hydrogen-bond donors (Lipinski definition) is 0. The van der Waals surface area contributed by atoms with E-state index >= 15 is 0 Å². The summed E-state index contributed by atoms with van der Waals surface area (Å²) in [6.07, 6.45) is 1.21. The number of rotatable bonds is 4. The Balaban J connectivity index is 2.92. The molecule has 1 aromatic rings.